The van der Waals surface area contributed by atoms with Crippen molar-refractivity contribution in [1.29, 1.82) is 0 Å². The number of carboxylic acid groups (broad SMARTS) is 1. The Kier molecular flexibility index (Phi) is 10.8. The molecule has 0 heterocycles. The van der Waals surface area contributed by atoms with E-state index in [4.69, 9.17) is 14.6 Å². The third-order valence-corrected chi connectivity index (χ3v) is 3.73. The molecule has 0 aliphatic heterocycles. The fourth-order valence-electron chi connectivity index (χ4n) is 2.54. The molecule has 2 aromatic carbocycles. The molecule has 2 aromatic rings. The number of amides is 1. The van der Waals surface area contributed by atoms with E-state index in [1.807, 2.05) is 0 Å². The molecule has 0 saturated heterocycles. The van der Waals surface area contributed by atoms with E-state index >= 15 is 0 Å². The summed E-state index contributed by atoms with van der Waals surface area (Å²) in [5.41, 5.74) is -1.17. The number of hydrogen-bond acceptors (Lipinski definition) is 5. The average molecular weight is 449 g/mol. The molecule has 3 N–H and O–H groups in total. The van der Waals surface area contributed by atoms with E-state index in [2.05, 4.69) is 5.32 Å². The van der Waals surface area contributed by atoms with Crippen LogP contribution < -0.4 is 33.7 Å². The standard InChI is InChI=1S/C21H22F3NO5.Li.H2O/c1-11(2)29-17-10-14(9-16(21(22,23)24)18(17)30-12(3)4)19(26)25-15-7-5-13(6-8-15)20(27)28;;/h5-12H,1-4H3,(H,25,26)(H,27,28);;1H2/q;+1;/p-1. The first-order valence-electron chi connectivity index (χ1n) is 9.11. The maximum atomic E-state index is 13.7. The summed E-state index contributed by atoms with van der Waals surface area (Å²) in [5, 5.41) is 11.4. The molecule has 2 rings (SSSR count). The van der Waals surface area contributed by atoms with Gasteiger partial charge < -0.3 is 25.4 Å². The number of carboxylic acids is 1. The summed E-state index contributed by atoms with van der Waals surface area (Å²) >= 11 is 0. The van der Waals surface area contributed by atoms with Crippen molar-refractivity contribution in [3.8, 4) is 11.5 Å². The second-order valence-corrected chi connectivity index (χ2v) is 7.02. The zero-order valence-corrected chi connectivity index (χ0v) is 18.3. The van der Waals surface area contributed by atoms with Gasteiger partial charge in [0.1, 0.15) is 5.56 Å². The normalized spacial score (nSPS) is 10.8. The second kappa shape index (κ2) is 11.8. The van der Waals surface area contributed by atoms with Gasteiger partial charge in [-0.15, -0.1) is 0 Å². The number of rotatable bonds is 7. The van der Waals surface area contributed by atoms with Gasteiger partial charge >= 0.3 is 31.0 Å². The van der Waals surface area contributed by atoms with Crippen LogP contribution in [0.5, 0.6) is 11.5 Å². The predicted molar refractivity (Wildman–Crippen MR) is 106 cm³/mol. The van der Waals surface area contributed by atoms with Gasteiger partial charge in [0.15, 0.2) is 11.5 Å². The summed E-state index contributed by atoms with van der Waals surface area (Å²) in [6, 6.07) is 7.11. The molecule has 170 valence electrons. The Bertz CT molecular complexity index is 930. The molecule has 0 aliphatic carbocycles. The van der Waals surface area contributed by atoms with Crippen molar-refractivity contribution in [2.45, 2.75) is 46.1 Å². The summed E-state index contributed by atoms with van der Waals surface area (Å²) in [7, 11) is 0. The van der Waals surface area contributed by atoms with E-state index < -0.39 is 41.6 Å². The number of benzene rings is 2. The van der Waals surface area contributed by atoms with Gasteiger partial charge in [0.25, 0.3) is 5.91 Å². The van der Waals surface area contributed by atoms with Crippen molar-refractivity contribution >= 4 is 17.6 Å². The largest absolute Gasteiger partial charge is 1.00 e. The van der Waals surface area contributed by atoms with Gasteiger partial charge in [0.2, 0.25) is 0 Å². The molecule has 0 bridgehead atoms. The minimum Gasteiger partial charge on any atom is -0.870 e. The van der Waals surface area contributed by atoms with Crippen molar-refractivity contribution in [1.82, 2.24) is 0 Å². The van der Waals surface area contributed by atoms with E-state index in [9.17, 15) is 22.8 Å². The third kappa shape index (κ3) is 7.78. The molecule has 0 atom stereocenters. The van der Waals surface area contributed by atoms with Crippen molar-refractivity contribution < 1.29 is 61.7 Å². The van der Waals surface area contributed by atoms with Crippen LogP contribution >= 0.6 is 0 Å². The second-order valence-electron chi connectivity index (χ2n) is 7.02. The van der Waals surface area contributed by atoms with Gasteiger partial charge in [-0.2, -0.15) is 13.2 Å². The Labute approximate surface area is 195 Å². The minimum atomic E-state index is -4.78. The van der Waals surface area contributed by atoms with Crippen molar-refractivity contribution in [3.05, 3.63) is 53.1 Å². The Hall–Kier alpha value is -2.67. The summed E-state index contributed by atoms with van der Waals surface area (Å²) in [4.78, 5) is 23.5. The van der Waals surface area contributed by atoms with Crippen LogP contribution in [0.2, 0.25) is 0 Å². The van der Waals surface area contributed by atoms with E-state index in [-0.39, 0.29) is 46.9 Å². The molecule has 0 fully saturated rings. The zero-order valence-electron chi connectivity index (χ0n) is 18.3. The maximum Gasteiger partial charge on any atom is 1.00 e. The van der Waals surface area contributed by atoms with Gasteiger partial charge in [-0.3, -0.25) is 4.79 Å². The topological polar surface area (TPSA) is 115 Å². The molecular formula is C21H23F3LiNO6. The van der Waals surface area contributed by atoms with Crippen molar-refractivity contribution in [3.63, 3.8) is 0 Å². The van der Waals surface area contributed by atoms with Crippen LogP contribution in [0, 0.1) is 0 Å². The molecule has 0 spiro atoms. The van der Waals surface area contributed by atoms with Crippen LogP contribution in [-0.2, 0) is 6.18 Å². The first-order chi connectivity index (χ1) is 13.9. The molecule has 32 heavy (non-hydrogen) atoms. The maximum absolute atomic E-state index is 13.7. The van der Waals surface area contributed by atoms with E-state index in [1.54, 1.807) is 27.7 Å². The number of hydrogen-bond donors (Lipinski definition) is 2. The fraction of sp³-hybridized carbons (Fsp3) is 0.333. The van der Waals surface area contributed by atoms with Crippen LogP contribution in [0.15, 0.2) is 36.4 Å². The third-order valence-electron chi connectivity index (χ3n) is 3.73. The first kappa shape index (κ1) is 29.3. The summed E-state index contributed by atoms with van der Waals surface area (Å²) in [5.74, 6) is -2.62. The Morgan fingerprint density at radius 1 is 0.938 bits per heavy atom. The Balaban J connectivity index is 0.00000480. The minimum absolute atomic E-state index is 0. The molecule has 0 radical (unpaired) electrons. The van der Waals surface area contributed by atoms with Crippen LogP contribution in [0.4, 0.5) is 18.9 Å². The number of halogens is 3. The quantitative estimate of drug-likeness (QED) is 0.626. The van der Waals surface area contributed by atoms with E-state index in [1.165, 1.54) is 30.3 Å². The van der Waals surface area contributed by atoms with Crippen molar-refractivity contribution in [2.24, 2.45) is 0 Å². The molecule has 0 saturated carbocycles. The van der Waals surface area contributed by atoms with E-state index in [0.717, 1.165) is 0 Å². The summed E-state index contributed by atoms with van der Waals surface area (Å²) < 4.78 is 51.9. The molecule has 1 amide bonds. The molecule has 0 unspecified atom stereocenters. The smallest absolute Gasteiger partial charge is 0.870 e. The van der Waals surface area contributed by atoms with Gasteiger partial charge in [-0.1, -0.05) is 0 Å². The van der Waals surface area contributed by atoms with Crippen LogP contribution in [-0.4, -0.2) is 34.7 Å². The summed E-state index contributed by atoms with van der Waals surface area (Å²) in [6.07, 6.45) is -5.78. The molecule has 0 aromatic heterocycles. The predicted octanol–water partition coefficient (Wildman–Crippen LogP) is 2.06. The monoisotopic (exact) mass is 449 g/mol. The molecule has 11 heteroatoms. The number of carbonyl (C=O) groups excluding carboxylic acids is 1. The van der Waals surface area contributed by atoms with Crippen molar-refractivity contribution in [2.75, 3.05) is 5.32 Å². The van der Waals surface area contributed by atoms with E-state index in [0.29, 0.717) is 6.07 Å². The first-order valence-corrected chi connectivity index (χ1v) is 9.11. The van der Waals surface area contributed by atoms with Crippen LogP contribution in [0.1, 0.15) is 54.0 Å². The van der Waals surface area contributed by atoms with Gasteiger partial charge in [0.05, 0.1) is 17.8 Å². The number of nitrogens with one attached hydrogen (secondary N) is 1. The molecule has 7 nitrogen and oxygen atoms in total. The van der Waals surface area contributed by atoms with Gasteiger partial charge in [-0.25, -0.2) is 4.79 Å². The number of ether oxygens (including phenoxy) is 2. The number of anilines is 1. The Morgan fingerprint density at radius 2 is 1.47 bits per heavy atom. The molecule has 0 aliphatic rings. The Morgan fingerprint density at radius 3 is 1.91 bits per heavy atom. The number of alkyl halides is 3. The van der Waals surface area contributed by atoms with Crippen LogP contribution in [0.3, 0.4) is 0 Å². The summed E-state index contributed by atoms with van der Waals surface area (Å²) in [6.45, 7) is 6.45. The number of aromatic carboxylic acids is 1. The number of carbonyl (C=O) groups is 2. The van der Waals surface area contributed by atoms with Crippen LogP contribution in [0.25, 0.3) is 0 Å². The molecular weight excluding hydrogens is 426 g/mol. The zero-order chi connectivity index (χ0) is 22.6. The average Bonchev–Trinajstić information content (AvgIpc) is 2.61. The van der Waals surface area contributed by atoms with Gasteiger partial charge in [-0.05, 0) is 64.1 Å². The SMILES string of the molecule is CC(C)Oc1cc(C(=O)Nc2ccc(C(=O)O)cc2)cc(C(F)(F)F)c1OC(C)C.[Li+].[OH-]. The fourth-order valence-corrected chi connectivity index (χ4v) is 2.54. The van der Waals surface area contributed by atoms with Gasteiger partial charge in [0, 0.05) is 11.3 Å².